The number of nitrogens with zero attached hydrogens (tertiary/aromatic N) is 3. The number of carbonyl (C=O) groups excluding carboxylic acids is 1. The van der Waals surface area contributed by atoms with Crippen molar-refractivity contribution in [3.63, 3.8) is 0 Å². The number of rotatable bonds is 7. The molecule has 0 unspecified atom stereocenters. The number of ether oxygens (including phenoxy) is 1. The van der Waals surface area contributed by atoms with E-state index < -0.39 is 10.0 Å². The van der Waals surface area contributed by atoms with Crippen LogP contribution in [0.15, 0.2) is 46.1 Å². The minimum absolute atomic E-state index is 0.147. The van der Waals surface area contributed by atoms with Crippen LogP contribution >= 0.6 is 0 Å². The third-order valence-corrected chi connectivity index (χ3v) is 7.13. The molecule has 2 aromatic rings. The SMILES string of the molecule is O=C(NCCn1nc(C2CC2)ccc1=O)c1ccc(S(=O)(=O)N2CCOCC2)cc1. The lowest BCUT2D eigenvalue weighted by Gasteiger charge is -2.26. The molecular weight excluding hydrogens is 408 g/mol. The van der Waals surface area contributed by atoms with E-state index in [1.807, 2.05) is 0 Å². The van der Waals surface area contributed by atoms with Crippen molar-refractivity contribution in [1.82, 2.24) is 19.4 Å². The van der Waals surface area contributed by atoms with Crippen molar-refractivity contribution >= 4 is 15.9 Å². The van der Waals surface area contributed by atoms with Crippen LogP contribution in [-0.2, 0) is 21.3 Å². The van der Waals surface area contributed by atoms with E-state index in [0.29, 0.717) is 37.8 Å². The molecule has 1 amide bonds. The van der Waals surface area contributed by atoms with E-state index in [1.54, 1.807) is 6.07 Å². The van der Waals surface area contributed by atoms with Gasteiger partial charge in [0.05, 0.1) is 30.3 Å². The quantitative estimate of drug-likeness (QED) is 0.685. The summed E-state index contributed by atoms with van der Waals surface area (Å²) in [5.74, 6) is 0.107. The van der Waals surface area contributed by atoms with Gasteiger partial charge in [-0.25, -0.2) is 13.1 Å². The van der Waals surface area contributed by atoms with Crippen LogP contribution in [0.3, 0.4) is 0 Å². The summed E-state index contributed by atoms with van der Waals surface area (Å²) in [6.45, 7) is 1.91. The molecule has 1 saturated carbocycles. The summed E-state index contributed by atoms with van der Waals surface area (Å²) in [4.78, 5) is 24.5. The molecule has 1 aliphatic heterocycles. The van der Waals surface area contributed by atoms with Gasteiger partial charge in [-0.15, -0.1) is 0 Å². The van der Waals surface area contributed by atoms with Crippen molar-refractivity contribution in [1.29, 1.82) is 0 Å². The molecule has 2 heterocycles. The molecule has 0 atom stereocenters. The van der Waals surface area contributed by atoms with Crippen LogP contribution in [0.1, 0.15) is 34.8 Å². The average molecular weight is 433 g/mol. The number of nitrogens with one attached hydrogen (secondary N) is 1. The first-order chi connectivity index (χ1) is 14.4. The average Bonchev–Trinajstić information content (AvgIpc) is 3.61. The highest BCUT2D eigenvalue weighted by Gasteiger charge is 2.27. The second-order valence-electron chi connectivity index (χ2n) is 7.39. The van der Waals surface area contributed by atoms with Gasteiger partial charge in [-0.2, -0.15) is 9.40 Å². The molecule has 1 aromatic carbocycles. The second kappa shape index (κ2) is 8.66. The van der Waals surface area contributed by atoms with Crippen LogP contribution in [0, 0.1) is 0 Å². The molecule has 160 valence electrons. The van der Waals surface area contributed by atoms with E-state index in [9.17, 15) is 18.0 Å². The fourth-order valence-corrected chi connectivity index (χ4v) is 4.72. The summed E-state index contributed by atoms with van der Waals surface area (Å²) in [5, 5.41) is 7.11. The Bertz CT molecular complexity index is 1070. The lowest BCUT2D eigenvalue weighted by atomic mass is 10.2. The predicted molar refractivity (Wildman–Crippen MR) is 109 cm³/mol. The van der Waals surface area contributed by atoms with Crippen LogP contribution in [-0.4, -0.2) is 61.3 Å². The first-order valence-corrected chi connectivity index (χ1v) is 11.4. The molecule has 1 aliphatic carbocycles. The highest BCUT2D eigenvalue weighted by atomic mass is 32.2. The molecule has 1 saturated heterocycles. The standard InChI is InChI=1S/C20H24N4O5S/c25-19-8-7-18(15-1-2-15)22-24(19)10-9-21-20(26)16-3-5-17(6-4-16)30(27,28)23-11-13-29-14-12-23/h3-8,15H,1-2,9-14H2,(H,21,26). The summed E-state index contributed by atoms with van der Waals surface area (Å²) < 4.78 is 33.2. The second-order valence-corrected chi connectivity index (χ2v) is 9.33. The zero-order valence-corrected chi connectivity index (χ0v) is 17.3. The molecule has 30 heavy (non-hydrogen) atoms. The van der Waals surface area contributed by atoms with E-state index in [-0.39, 0.29) is 29.5 Å². The smallest absolute Gasteiger partial charge is 0.266 e. The van der Waals surface area contributed by atoms with Crippen molar-refractivity contribution in [3.05, 3.63) is 58.0 Å². The van der Waals surface area contributed by atoms with Crippen molar-refractivity contribution in [2.45, 2.75) is 30.2 Å². The Hall–Kier alpha value is -2.56. The third kappa shape index (κ3) is 4.61. The molecule has 1 N–H and O–H groups in total. The number of carbonyl (C=O) groups is 1. The van der Waals surface area contributed by atoms with E-state index >= 15 is 0 Å². The largest absolute Gasteiger partial charge is 0.379 e. The number of hydrogen-bond donors (Lipinski definition) is 1. The minimum atomic E-state index is -3.59. The maximum Gasteiger partial charge on any atom is 0.266 e. The van der Waals surface area contributed by atoms with E-state index in [2.05, 4.69) is 10.4 Å². The first-order valence-electron chi connectivity index (χ1n) is 9.99. The van der Waals surface area contributed by atoms with Crippen LogP contribution in [0.25, 0.3) is 0 Å². The highest BCUT2D eigenvalue weighted by Crippen LogP contribution is 2.38. The van der Waals surface area contributed by atoms with Gasteiger partial charge in [0.25, 0.3) is 11.5 Å². The van der Waals surface area contributed by atoms with Crippen molar-refractivity contribution in [2.24, 2.45) is 0 Å². The molecule has 9 nitrogen and oxygen atoms in total. The normalized spacial score (nSPS) is 17.6. The Kier molecular flexibility index (Phi) is 5.98. The number of sulfonamides is 1. The van der Waals surface area contributed by atoms with Crippen molar-refractivity contribution in [2.75, 3.05) is 32.8 Å². The number of aromatic nitrogens is 2. The maximum atomic E-state index is 12.6. The Morgan fingerprint density at radius 1 is 1.10 bits per heavy atom. The van der Waals surface area contributed by atoms with Gasteiger partial charge >= 0.3 is 0 Å². The Balaban J connectivity index is 1.35. The molecule has 2 aliphatic rings. The number of morpholine rings is 1. The molecule has 10 heteroatoms. The summed E-state index contributed by atoms with van der Waals surface area (Å²) in [5.41, 5.74) is 1.06. The zero-order valence-electron chi connectivity index (χ0n) is 16.5. The van der Waals surface area contributed by atoms with Gasteiger partial charge in [0.1, 0.15) is 0 Å². The molecular formula is C20H24N4O5S. The first kappa shape index (κ1) is 20.7. The van der Waals surface area contributed by atoms with Crippen LogP contribution in [0.2, 0.25) is 0 Å². The summed E-state index contributed by atoms with van der Waals surface area (Å²) in [6, 6.07) is 9.12. The molecule has 1 aromatic heterocycles. The summed E-state index contributed by atoms with van der Waals surface area (Å²) in [6.07, 6.45) is 2.19. The third-order valence-electron chi connectivity index (χ3n) is 5.22. The summed E-state index contributed by atoms with van der Waals surface area (Å²) in [7, 11) is -3.59. The molecule has 0 bridgehead atoms. The van der Waals surface area contributed by atoms with E-state index in [4.69, 9.17) is 4.74 Å². The fraction of sp³-hybridized carbons (Fsp3) is 0.450. The van der Waals surface area contributed by atoms with Gasteiger partial charge in [0.2, 0.25) is 10.0 Å². The Labute approximate surface area is 174 Å². The molecule has 0 spiro atoms. The predicted octanol–water partition coefficient (Wildman–Crippen LogP) is 0.572. The maximum absolute atomic E-state index is 12.6. The zero-order chi connectivity index (χ0) is 21.1. The minimum Gasteiger partial charge on any atom is -0.379 e. The van der Waals surface area contributed by atoms with Gasteiger partial charge < -0.3 is 10.1 Å². The Morgan fingerprint density at radius 3 is 2.47 bits per heavy atom. The molecule has 4 rings (SSSR count). The van der Waals surface area contributed by atoms with Crippen LogP contribution in [0.4, 0.5) is 0 Å². The van der Waals surface area contributed by atoms with E-state index in [1.165, 1.54) is 39.3 Å². The number of amides is 1. The van der Waals surface area contributed by atoms with Crippen molar-refractivity contribution < 1.29 is 17.9 Å². The number of hydrogen-bond acceptors (Lipinski definition) is 6. The molecule has 2 fully saturated rings. The van der Waals surface area contributed by atoms with E-state index in [0.717, 1.165) is 18.5 Å². The highest BCUT2D eigenvalue weighted by molar-refractivity contribution is 7.89. The van der Waals surface area contributed by atoms with Gasteiger partial charge in [0.15, 0.2) is 0 Å². The van der Waals surface area contributed by atoms with Gasteiger partial charge in [-0.05, 0) is 43.2 Å². The molecule has 0 radical (unpaired) electrons. The van der Waals surface area contributed by atoms with Crippen LogP contribution < -0.4 is 10.9 Å². The fourth-order valence-electron chi connectivity index (χ4n) is 3.31. The monoisotopic (exact) mass is 432 g/mol. The lowest BCUT2D eigenvalue weighted by molar-refractivity contribution is 0.0730. The topological polar surface area (TPSA) is 111 Å². The Morgan fingerprint density at radius 2 is 1.80 bits per heavy atom. The van der Waals surface area contributed by atoms with Crippen LogP contribution in [0.5, 0.6) is 0 Å². The van der Waals surface area contributed by atoms with Gasteiger partial charge in [0, 0.05) is 37.2 Å². The summed E-state index contributed by atoms with van der Waals surface area (Å²) >= 11 is 0. The van der Waals surface area contributed by atoms with Gasteiger partial charge in [-0.1, -0.05) is 0 Å². The lowest BCUT2D eigenvalue weighted by Crippen LogP contribution is -2.40. The van der Waals surface area contributed by atoms with Crippen molar-refractivity contribution in [3.8, 4) is 0 Å². The van der Waals surface area contributed by atoms with Gasteiger partial charge in [-0.3, -0.25) is 9.59 Å². The number of benzene rings is 1.